The molecule has 98 valence electrons. The van der Waals surface area contributed by atoms with Gasteiger partial charge in [0, 0.05) is 13.6 Å². The van der Waals surface area contributed by atoms with Crippen molar-refractivity contribution in [3.05, 3.63) is 29.3 Å². The Hall–Kier alpha value is -1.65. The van der Waals surface area contributed by atoms with E-state index in [-0.39, 0.29) is 11.3 Å². The van der Waals surface area contributed by atoms with Gasteiger partial charge in [-0.05, 0) is 30.4 Å². The molecule has 1 aliphatic rings. The average molecular weight is 255 g/mol. The highest BCUT2D eigenvalue weighted by atomic mass is 19.1. The van der Waals surface area contributed by atoms with Crippen LogP contribution in [0, 0.1) is 23.5 Å². The van der Waals surface area contributed by atoms with Gasteiger partial charge in [-0.3, -0.25) is 0 Å². The van der Waals surface area contributed by atoms with Crippen molar-refractivity contribution in [2.75, 3.05) is 18.5 Å². The fraction of sp³-hybridized carbons (Fsp3) is 0.462. The van der Waals surface area contributed by atoms with E-state index in [0.717, 1.165) is 18.6 Å². The van der Waals surface area contributed by atoms with Gasteiger partial charge < -0.3 is 10.0 Å². The van der Waals surface area contributed by atoms with Crippen LogP contribution in [0.15, 0.2) is 12.1 Å². The van der Waals surface area contributed by atoms with Crippen LogP contribution in [0.4, 0.5) is 14.5 Å². The highest BCUT2D eigenvalue weighted by Gasteiger charge is 2.34. The van der Waals surface area contributed by atoms with Crippen LogP contribution in [0.2, 0.25) is 0 Å². The van der Waals surface area contributed by atoms with Crippen LogP contribution in [0.25, 0.3) is 0 Å². The number of benzene rings is 1. The quantitative estimate of drug-likeness (QED) is 0.899. The molecule has 0 radical (unpaired) electrons. The maximum Gasteiger partial charge on any atom is 0.335 e. The highest BCUT2D eigenvalue weighted by Crippen LogP contribution is 2.39. The first kappa shape index (κ1) is 12.8. The Bertz CT molecular complexity index is 467. The van der Waals surface area contributed by atoms with Crippen LogP contribution >= 0.6 is 0 Å². The Morgan fingerprint density at radius 2 is 1.94 bits per heavy atom. The van der Waals surface area contributed by atoms with Crippen molar-refractivity contribution in [1.82, 2.24) is 0 Å². The van der Waals surface area contributed by atoms with E-state index in [0.29, 0.717) is 18.4 Å². The molecule has 2 rings (SSSR count). The Morgan fingerprint density at radius 3 is 2.33 bits per heavy atom. The topological polar surface area (TPSA) is 40.5 Å². The molecule has 1 aliphatic carbocycles. The third-order valence-electron chi connectivity index (χ3n) is 3.43. The molecule has 0 spiro atoms. The van der Waals surface area contributed by atoms with Gasteiger partial charge in [-0.1, -0.05) is 6.92 Å². The number of hydrogen-bond acceptors (Lipinski definition) is 2. The molecule has 1 fully saturated rings. The number of rotatable bonds is 4. The Morgan fingerprint density at radius 1 is 1.44 bits per heavy atom. The van der Waals surface area contributed by atoms with E-state index in [2.05, 4.69) is 6.92 Å². The number of halogens is 2. The second-order valence-corrected chi connectivity index (χ2v) is 4.95. The molecule has 0 amide bonds. The van der Waals surface area contributed by atoms with Gasteiger partial charge in [0.15, 0.2) is 0 Å². The minimum atomic E-state index is -1.34. The largest absolute Gasteiger partial charge is 0.478 e. The van der Waals surface area contributed by atoms with Crippen LogP contribution in [-0.4, -0.2) is 24.7 Å². The van der Waals surface area contributed by atoms with E-state index < -0.39 is 17.6 Å². The monoisotopic (exact) mass is 255 g/mol. The zero-order chi connectivity index (χ0) is 13.4. The highest BCUT2D eigenvalue weighted by molar-refractivity contribution is 5.88. The molecule has 2 unspecified atom stereocenters. The summed E-state index contributed by atoms with van der Waals surface area (Å²) in [4.78, 5) is 12.2. The minimum Gasteiger partial charge on any atom is -0.478 e. The summed E-state index contributed by atoms with van der Waals surface area (Å²) in [7, 11) is 1.62. The average Bonchev–Trinajstić information content (AvgIpc) is 2.92. The molecule has 0 saturated heterocycles. The molecular formula is C13H15F2NO2. The second-order valence-electron chi connectivity index (χ2n) is 4.95. The van der Waals surface area contributed by atoms with Crippen LogP contribution in [0.3, 0.4) is 0 Å². The summed E-state index contributed by atoms with van der Waals surface area (Å²) in [6, 6.07) is 1.71. The lowest BCUT2D eigenvalue weighted by atomic mass is 10.1. The van der Waals surface area contributed by atoms with Gasteiger partial charge in [-0.15, -0.1) is 0 Å². The van der Waals surface area contributed by atoms with Gasteiger partial charge in [0.1, 0.15) is 17.3 Å². The summed E-state index contributed by atoms with van der Waals surface area (Å²) in [5.41, 5.74) is -0.527. The van der Waals surface area contributed by atoms with Crippen molar-refractivity contribution < 1.29 is 18.7 Å². The Kier molecular flexibility index (Phi) is 3.24. The summed E-state index contributed by atoms with van der Waals surface area (Å²) in [5, 5.41) is 8.71. The molecule has 0 bridgehead atoms. The number of nitrogens with zero attached hydrogens (tertiary/aromatic N) is 1. The number of carboxylic acid groups (broad SMARTS) is 1. The maximum absolute atomic E-state index is 13.7. The molecule has 1 aromatic carbocycles. The molecule has 18 heavy (non-hydrogen) atoms. The fourth-order valence-corrected chi connectivity index (χ4v) is 2.15. The van der Waals surface area contributed by atoms with E-state index >= 15 is 0 Å². The van der Waals surface area contributed by atoms with Gasteiger partial charge in [0.25, 0.3) is 0 Å². The van der Waals surface area contributed by atoms with Crippen molar-refractivity contribution >= 4 is 11.7 Å². The van der Waals surface area contributed by atoms with Crippen molar-refractivity contribution in [2.45, 2.75) is 13.3 Å². The van der Waals surface area contributed by atoms with Gasteiger partial charge in [-0.25, -0.2) is 13.6 Å². The SMILES string of the molecule is CC1CC1CN(C)c1c(F)cc(C(=O)O)cc1F. The number of hydrogen-bond donors (Lipinski definition) is 1. The van der Waals surface area contributed by atoms with Crippen LogP contribution in [0.5, 0.6) is 0 Å². The first-order valence-electron chi connectivity index (χ1n) is 5.83. The summed E-state index contributed by atoms with van der Waals surface area (Å²) in [5.74, 6) is -1.94. The summed E-state index contributed by atoms with van der Waals surface area (Å²) >= 11 is 0. The van der Waals surface area contributed by atoms with E-state index in [1.807, 2.05) is 0 Å². The first-order chi connectivity index (χ1) is 8.40. The molecule has 5 heteroatoms. The molecule has 0 heterocycles. The van der Waals surface area contributed by atoms with E-state index in [9.17, 15) is 13.6 Å². The maximum atomic E-state index is 13.7. The smallest absolute Gasteiger partial charge is 0.335 e. The molecule has 2 atom stereocenters. The van der Waals surface area contributed by atoms with Gasteiger partial charge in [0.2, 0.25) is 0 Å². The predicted molar refractivity (Wildman–Crippen MR) is 63.9 cm³/mol. The lowest BCUT2D eigenvalue weighted by Crippen LogP contribution is -2.23. The molecule has 1 aromatic rings. The summed E-state index contributed by atoms with van der Waals surface area (Å²) in [6.07, 6.45) is 1.07. The van der Waals surface area contributed by atoms with Crippen molar-refractivity contribution in [3.63, 3.8) is 0 Å². The molecule has 1 N–H and O–H groups in total. The predicted octanol–water partition coefficient (Wildman–Crippen LogP) is 2.76. The zero-order valence-electron chi connectivity index (χ0n) is 10.3. The molecular weight excluding hydrogens is 240 g/mol. The Labute approximate surface area is 104 Å². The van der Waals surface area contributed by atoms with Crippen LogP contribution in [0.1, 0.15) is 23.7 Å². The molecule has 1 saturated carbocycles. The van der Waals surface area contributed by atoms with Gasteiger partial charge in [-0.2, -0.15) is 0 Å². The standard InChI is InChI=1S/C13H15F2NO2/c1-7-3-9(7)6-16(2)12-10(14)4-8(13(17)18)5-11(12)15/h4-5,7,9H,3,6H2,1-2H3,(H,17,18). The summed E-state index contributed by atoms with van der Waals surface area (Å²) < 4.78 is 27.5. The zero-order valence-corrected chi connectivity index (χ0v) is 10.3. The van der Waals surface area contributed by atoms with Crippen molar-refractivity contribution in [1.29, 1.82) is 0 Å². The van der Waals surface area contributed by atoms with E-state index in [1.165, 1.54) is 4.90 Å². The number of aromatic carboxylic acids is 1. The van der Waals surface area contributed by atoms with Crippen LogP contribution < -0.4 is 4.90 Å². The number of anilines is 1. The normalized spacial score (nSPS) is 21.8. The van der Waals surface area contributed by atoms with Crippen molar-refractivity contribution in [2.24, 2.45) is 11.8 Å². The van der Waals surface area contributed by atoms with Gasteiger partial charge in [0.05, 0.1) is 5.56 Å². The molecule has 0 aromatic heterocycles. The molecule has 3 nitrogen and oxygen atoms in total. The Balaban J connectivity index is 2.24. The lowest BCUT2D eigenvalue weighted by molar-refractivity contribution is 0.0696. The van der Waals surface area contributed by atoms with Gasteiger partial charge >= 0.3 is 5.97 Å². The van der Waals surface area contributed by atoms with E-state index in [4.69, 9.17) is 5.11 Å². The summed E-state index contributed by atoms with van der Waals surface area (Å²) in [6.45, 7) is 2.68. The molecule has 0 aliphatic heterocycles. The third-order valence-corrected chi connectivity index (χ3v) is 3.43. The fourth-order valence-electron chi connectivity index (χ4n) is 2.15. The number of carbonyl (C=O) groups is 1. The lowest BCUT2D eigenvalue weighted by Gasteiger charge is -2.20. The van der Waals surface area contributed by atoms with E-state index in [1.54, 1.807) is 7.05 Å². The van der Waals surface area contributed by atoms with Crippen LogP contribution in [-0.2, 0) is 0 Å². The minimum absolute atomic E-state index is 0.154. The van der Waals surface area contributed by atoms with Crippen molar-refractivity contribution in [3.8, 4) is 0 Å². The second kappa shape index (κ2) is 4.55. The first-order valence-corrected chi connectivity index (χ1v) is 5.83. The third kappa shape index (κ3) is 2.44. The number of carboxylic acids is 1.